The van der Waals surface area contributed by atoms with Gasteiger partial charge in [0.05, 0.1) is 18.0 Å². The average Bonchev–Trinajstić information content (AvgIpc) is 3.65. The van der Waals surface area contributed by atoms with Crippen molar-refractivity contribution in [3.8, 4) is 11.5 Å². The summed E-state index contributed by atoms with van der Waals surface area (Å²) < 4.78 is 40.5. The van der Waals surface area contributed by atoms with Gasteiger partial charge in [0, 0.05) is 60.3 Å². The van der Waals surface area contributed by atoms with Crippen LogP contribution in [0.2, 0.25) is 0 Å². The van der Waals surface area contributed by atoms with Gasteiger partial charge in [-0.25, -0.2) is 22.9 Å². The maximum absolute atomic E-state index is 13.3. The van der Waals surface area contributed by atoms with Crippen molar-refractivity contribution >= 4 is 56.9 Å². The van der Waals surface area contributed by atoms with Crippen molar-refractivity contribution in [1.82, 2.24) is 35.5 Å². The smallest absolute Gasteiger partial charge is 0.315 e. The van der Waals surface area contributed by atoms with Crippen molar-refractivity contribution < 1.29 is 37.1 Å². The predicted octanol–water partition coefficient (Wildman–Crippen LogP) is 6.48. The molecule has 18 heteroatoms. The first-order valence-electron chi connectivity index (χ1n) is 21.8. The van der Waals surface area contributed by atoms with E-state index < -0.39 is 27.4 Å². The Morgan fingerprint density at radius 1 is 0.879 bits per heavy atom. The number of hydrogen-bond donors (Lipinski definition) is 6. The number of aryl methyl sites for hydroxylation is 1. The molecule has 4 aromatic carbocycles. The Morgan fingerprint density at radius 2 is 1.64 bits per heavy atom. The summed E-state index contributed by atoms with van der Waals surface area (Å²) in [4.78, 5) is 60.8. The summed E-state index contributed by atoms with van der Waals surface area (Å²) in [5.74, 6) is 0.195. The lowest BCUT2D eigenvalue weighted by molar-refractivity contribution is -0.143. The van der Waals surface area contributed by atoms with Crippen LogP contribution in [-0.2, 0) is 50.6 Å². The minimum Gasteiger partial charge on any atom is -0.494 e. The number of ether oxygens (including phenoxy) is 2. The highest BCUT2D eigenvalue weighted by molar-refractivity contribution is 7.89. The predicted molar refractivity (Wildman–Crippen MR) is 249 cm³/mol. The second kappa shape index (κ2) is 20.8. The molecule has 1 fully saturated rings. The highest BCUT2D eigenvalue weighted by Gasteiger charge is 2.36. The number of sulfonamides is 1. The molecule has 0 aliphatic carbocycles. The van der Waals surface area contributed by atoms with Crippen LogP contribution in [0.25, 0.3) is 0 Å². The Balaban J connectivity index is 0.790. The number of nitrogens with zero attached hydrogens (tertiary/aromatic N) is 3. The molecule has 2 aliphatic heterocycles. The number of fused-ring (bicyclic) bond motifs is 1. The van der Waals surface area contributed by atoms with Gasteiger partial charge in [0.15, 0.2) is 0 Å². The van der Waals surface area contributed by atoms with Gasteiger partial charge in [-0.05, 0) is 112 Å². The van der Waals surface area contributed by atoms with E-state index in [2.05, 4.69) is 41.3 Å². The van der Waals surface area contributed by atoms with Gasteiger partial charge in [0.1, 0.15) is 29.8 Å². The molecule has 1 atom stereocenters. The third kappa shape index (κ3) is 12.8. The van der Waals surface area contributed by atoms with E-state index in [1.807, 2.05) is 73.7 Å². The van der Waals surface area contributed by atoms with Gasteiger partial charge < -0.3 is 35.6 Å². The molecule has 0 spiro atoms. The highest BCUT2D eigenvalue weighted by Crippen LogP contribution is 2.33. The Kier molecular flexibility index (Phi) is 14.8. The summed E-state index contributed by atoms with van der Waals surface area (Å²) in [6.07, 6.45) is 3.35. The fraction of sp³-hybridized carbons (Fsp3) is 0.333. The number of amides is 5. The monoisotopic (exact) mass is 917 g/mol. The zero-order chi connectivity index (χ0) is 46.8. The maximum atomic E-state index is 13.3. The van der Waals surface area contributed by atoms with Crippen LogP contribution < -0.4 is 40.8 Å². The molecule has 66 heavy (non-hydrogen) atoms. The van der Waals surface area contributed by atoms with E-state index in [9.17, 15) is 27.6 Å². The highest BCUT2D eigenvalue weighted by atomic mass is 32.2. The van der Waals surface area contributed by atoms with Crippen molar-refractivity contribution in [2.45, 2.75) is 90.1 Å². The standard InChI is InChI=1S/C48H55N9O8S/c1-31-26-50-46(55-43(31)52-36-10-6-11-38(25-36)66(62,63)56-48(2,3)4)53-35-19-21-37(22-20-35)64-24-8-23-49-47(61)51-27-32-15-17-33(18-16-32)30-65-41-13-5-9-34-28-57(29-40(34)41)45(60)39-12-7-14-42(58)54-44(39)59/h5-6,9-11,13,15-22,25-26,39,56H,7-8,12,14,23-24,27-30H2,1-4H3,(H2,49,51,61)(H,54,58,59)(H2,50,52,53,55)/t39-/m0/s1. The second-order valence-electron chi connectivity index (χ2n) is 17.2. The molecule has 1 saturated heterocycles. The molecular weight excluding hydrogens is 863 g/mol. The number of aromatic nitrogens is 2. The minimum absolute atomic E-state index is 0.141. The second-order valence-corrected chi connectivity index (χ2v) is 18.9. The SMILES string of the molecule is Cc1cnc(Nc2ccc(OCCCNC(=O)NCc3ccc(COc4cccc5c4CN(C(=O)[C@H]4CCCC(=O)NC4=O)C5)cc3)cc2)nc1Nc1cccc(S(=O)(=O)NC(C)(C)C)c1. The van der Waals surface area contributed by atoms with Crippen molar-refractivity contribution in [1.29, 1.82) is 0 Å². The maximum Gasteiger partial charge on any atom is 0.315 e. The Hall–Kier alpha value is -7.05. The number of rotatable bonds is 17. The van der Waals surface area contributed by atoms with Gasteiger partial charge in [-0.1, -0.05) is 42.5 Å². The number of carbonyl (C=O) groups excluding carboxylic acids is 4. The first-order valence-corrected chi connectivity index (χ1v) is 23.3. The molecule has 0 bridgehead atoms. The third-order valence-electron chi connectivity index (χ3n) is 10.7. The molecule has 6 N–H and O–H groups in total. The summed E-state index contributed by atoms with van der Waals surface area (Å²) in [5.41, 5.74) is 5.18. The Labute approximate surface area is 384 Å². The van der Waals surface area contributed by atoms with E-state index in [0.717, 1.165) is 33.5 Å². The summed E-state index contributed by atoms with van der Waals surface area (Å²) in [7, 11) is -3.72. The average molecular weight is 918 g/mol. The van der Waals surface area contributed by atoms with E-state index in [0.29, 0.717) is 87.6 Å². The van der Waals surface area contributed by atoms with Gasteiger partial charge in [-0.3, -0.25) is 19.7 Å². The molecule has 0 radical (unpaired) electrons. The molecule has 5 aromatic rings. The number of imide groups is 1. The minimum atomic E-state index is -3.72. The van der Waals surface area contributed by atoms with Crippen LogP contribution >= 0.6 is 0 Å². The van der Waals surface area contributed by atoms with Crippen molar-refractivity contribution in [3.63, 3.8) is 0 Å². The lowest BCUT2D eigenvalue weighted by Gasteiger charge is -2.21. The van der Waals surface area contributed by atoms with Crippen molar-refractivity contribution in [2.24, 2.45) is 5.92 Å². The molecule has 3 heterocycles. The van der Waals surface area contributed by atoms with Crippen molar-refractivity contribution in [3.05, 3.63) is 125 Å². The lowest BCUT2D eigenvalue weighted by Crippen LogP contribution is -2.42. The van der Waals surface area contributed by atoms with E-state index in [4.69, 9.17) is 9.47 Å². The third-order valence-corrected chi connectivity index (χ3v) is 12.5. The Bertz CT molecular complexity index is 2670. The molecule has 346 valence electrons. The number of urea groups is 1. The van der Waals surface area contributed by atoms with Crippen molar-refractivity contribution in [2.75, 3.05) is 23.8 Å². The summed E-state index contributed by atoms with van der Waals surface area (Å²) >= 11 is 0. The summed E-state index contributed by atoms with van der Waals surface area (Å²) in [6.45, 7) is 9.39. The van der Waals surface area contributed by atoms with E-state index in [1.165, 1.54) is 0 Å². The molecular formula is C48H55N9O8S. The molecule has 2 aliphatic rings. The topological polar surface area (TPSA) is 222 Å². The molecule has 0 unspecified atom stereocenters. The number of anilines is 4. The summed E-state index contributed by atoms with van der Waals surface area (Å²) in [6, 6.07) is 27.0. The van der Waals surface area contributed by atoms with Gasteiger partial charge in [0.25, 0.3) is 0 Å². The lowest BCUT2D eigenvalue weighted by atomic mass is 10.0. The largest absolute Gasteiger partial charge is 0.494 e. The molecule has 1 aromatic heterocycles. The van der Waals surface area contributed by atoms with Crippen LogP contribution in [-0.4, -0.2) is 65.7 Å². The number of carbonyl (C=O) groups is 4. The van der Waals surface area contributed by atoms with Crippen LogP contribution in [0.1, 0.15) is 74.3 Å². The normalized spacial score (nSPS) is 15.0. The summed E-state index contributed by atoms with van der Waals surface area (Å²) in [5, 5.41) is 14.5. The number of hydrogen-bond acceptors (Lipinski definition) is 12. The van der Waals surface area contributed by atoms with Gasteiger partial charge in [0.2, 0.25) is 33.7 Å². The quantitative estimate of drug-likeness (QED) is 0.0335. The first kappa shape index (κ1) is 46.9. The first-order chi connectivity index (χ1) is 31.6. The number of benzene rings is 4. The fourth-order valence-corrected chi connectivity index (χ4v) is 8.84. The van der Waals surface area contributed by atoms with Crippen LogP contribution in [0.15, 0.2) is 102 Å². The molecule has 7 rings (SSSR count). The van der Waals surface area contributed by atoms with Crippen LogP contribution in [0.5, 0.6) is 11.5 Å². The van der Waals surface area contributed by atoms with Crippen LogP contribution in [0.4, 0.5) is 27.9 Å². The fourth-order valence-electron chi connectivity index (χ4n) is 7.38. The van der Waals surface area contributed by atoms with E-state index in [1.54, 1.807) is 56.1 Å². The van der Waals surface area contributed by atoms with Crippen LogP contribution in [0.3, 0.4) is 0 Å². The number of nitrogens with one attached hydrogen (secondary N) is 6. The zero-order valence-electron chi connectivity index (χ0n) is 37.4. The Morgan fingerprint density at radius 3 is 2.41 bits per heavy atom. The molecule has 5 amide bonds. The van der Waals surface area contributed by atoms with E-state index >= 15 is 0 Å². The van der Waals surface area contributed by atoms with Gasteiger partial charge in [-0.15, -0.1) is 0 Å². The van der Waals surface area contributed by atoms with Gasteiger partial charge >= 0.3 is 6.03 Å². The van der Waals surface area contributed by atoms with Gasteiger partial charge in [-0.2, -0.15) is 4.98 Å². The van der Waals surface area contributed by atoms with E-state index in [-0.39, 0.29) is 29.2 Å². The zero-order valence-corrected chi connectivity index (χ0v) is 38.2. The van der Waals surface area contributed by atoms with Crippen LogP contribution in [0, 0.1) is 12.8 Å². The molecule has 0 saturated carbocycles. The molecule has 17 nitrogen and oxygen atoms in total.